The second-order valence-electron chi connectivity index (χ2n) is 11.2. The minimum absolute atomic E-state index is 0.157. The van der Waals surface area contributed by atoms with E-state index in [4.69, 9.17) is 5.10 Å². The van der Waals surface area contributed by atoms with Gasteiger partial charge in [-0.05, 0) is 54.3 Å². The number of amides is 1. The van der Waals surface area contributed by atoms with Crippen LogP contribution in [0.3, 0.4) is 0 Å². The number of carbonyl (C=O) groups excluding carboxylic acids is 1. The van der Waals surface area contributed by atoms with Gasteiger partial charge in [0.15, 0.2) is 0 Å². The third-order valence-corrected chi connectivity index (χ3v) is 10.1. The highest BCUT2D eigenvalue weighted by atomic mass is 32.2. The maximum Gasteiger partial charge on any atom is 0.264 e. The molecule has 42 heavy (non-hydrogen) atoms. The van der Waals surface area contributed by atoms with Crippen molar-refractivity contribution in [2.45, 2.75) is 37.6 Å². The van der Waals surface area contributed by atoms with Crippen molar-refractivity contribution in [3.05, 3.63) is 139 Å². The van der Waals surface area contributed by atoms with Crippen LogP contribution >= 0.6 is 0 Å². The number of carbonyl (C=O) groups is 1. The molecule has 0 saturated heterocycles. The first-order chi connectivity index (χ1) is 20.2. The van der Waals surface area contributed by atoms with E-state index in [1.807, 2.05) is 106 Å². The standard InChI is InChI=1S/C35H33N3O3S/c1-5-30-29-18-12-13-19-31(29)38(42(40,41)28-22-20-25(4)21-23-28)33(26-14-8-6-9-15-26)35(30)32(24(2)3)36-37(34(35)39)27-16-10-7-11-17-27/h5-24,30,33H,1H2,2-4H3. The minimum Gasteiger partial charge on any atom is -0.271 e. The summed E-state index contributed by atoms with van der Waals surface area (Å²) in [5, 5.41) is 6.45. The van der Waals surface area contributed by atoms with Gasteiger partial charge in [0.25, 0.3) is 15.9 Å². The van der Waals surface area contributed by atoms with Crippen molar-refractivity contribution in [3.8, 4) is 0 Å². The first kappa shape index (κ1) is 27.7. The van der Waals surface area contributed by atoms with E-state index in [0.717, 1.165) is 5.56 Å². The Bertz CT molecular complexity index is 1780. The van der Waals surface area contributed by atoms with Crippen LogP contribution in [0.4, 0.5) is 11.4 Å². The Kier molecular flexibility index (Phi) is 6.86. The molecule has 1 spiro atoms. The van der Waals surface area contributed by atoms with Crippen LogP contribution in [0.2, 0.25) is 0 Å². The summed E-state index contributed by atoms with van der Waals surface area (Å²) in [7, 11) is -4.17. The second kappa shape index (κ2) is 10.4. The number of benzene rings is 4. The fourth-order valence-corrected chi connectivity index (χ4v) is 8.23. The van der Waals surface area contributed by atoms with Gasteiger partial charge in [-0.2, -0.15) is 10.1 Å². The summed E-state index contributed by atoms with van der Waals surface area (Å²) in [6, 6.07) is 32.1. The van der Waals surface area contributed by atoms with Gasteiger partial charge >= 0.3 is 0 Å². The smallest absolute Gasteiger partial charge is 0.264 e. The molecule has 0 bridgehead atoms. The van der Waals surface area contributed by atoms with Crippen LogP contribution in [0.15, 0.2) is 132 Å². The Morgan fingerprint density at radius 1 is 0.857 bits per heavy atom. The van der Waals surface area contributed by atoms with Gasteiger partial charge in [0.2, 0.25) is 0 Å². The summed E-state index contributed by atoms with van der Waals surface area (Å²) in [5.74, 6) is -1.01. The van der Waals surface area contributed by atoms with E-state index in [1.54, 1.807) is 30.3 Å². The van der Waals surface area contributed by atoms with E-state index in [0.29, 0.717) is 28.2 Å². The molecule has 0 N–H and O–H groups in total. The summed E-state index contributed by atoms with van der Waals surface area (Å²) in [5.41, 5.74) is 2.73. The molecule has 2 aliphatic heterocycles. The fourth-order valence-electron chi connectivity index (χ4n) is 6.54. The number of nitrogens with zero attached hydrogens (tertiary/aromatic N) is 3. The Labute approximate surface area is 247 Å². The number of fused-ring (bicyclic) bond motifs is 1. The van der Waals surface area contributed by atoms with Crippen molar-refractivity contribution in [1.29, 1.82) is 0 Å². The normalized spacial score (nSPS) is 21.9. The number of aryl methyl sites for hydroxylation is 1. The Balaban J connectivity index is 1.73. The summed E-state index contributed by atoms with van der Waals surface area (Å²) in [4.78, 5) is 15.3. The molecule has 4 aromatic rings. The van der Waals surface area contributed by atoms with E-state index in [9.17, 15) is 8.42 Å². The summed E-state index contributed by atoms with van der Waals surface area (Å²) >= 11 is 0. The van der Waals surface area contributed by atoms with Crippen LogP contribution in [-0.4, -0.2) is 20.0 Å². The summed E-state index contributed by atoms with van der Waals surface area (Å²) < 4.78 is 31.2. The molecule has 4 aromatic carbocycles. The highest BCUT2D eigenvalue weighted by molar-refractivity contribution is 7.92. The van der Waals surface area contributed by atoms with Crippen molar-refractivity contribution in [1.82, 2.24) is 0 Å². The molecule has 6 rings (SSSR count). The average molecular weight is 576 g/mol. The number of hydrazone groups is 1. The third-order valence-electron chi connectivity index (χ3n) is 8.32. The van der Waals surface area contributed by atoms with Gasteiger partial charge in [-0.3, -0.25) is 9.10 Å². The largest absolute Gasteiger partial charge is 0.271 e. The van der Waals surface area contributed by atoms with Crippen LogP contribution in [0.5, 0.6) is 0 Å². The van der Waals surface area contributed by atoms with E-state index in [1.165, 1.54) is 9.31 Å². The van der Waals surface area contributed by atoms with Gasteiger partial charge in [-0.1, -0.05) is 104 Å². The quantitative estimate of drug-likeness (QED) is 0.227. The Morgan fingerprint density at radius 2 is 1.45 bits per heavy atom. The molecular weight excluding hydrogens is 542 g/mol. The van der Waals surface area contributed by atoms with Crippen LogP contribution < -0.4 is 9.31 Å². The van der Waals surface area contributed by atoms with Gasteiger partial charge in [0.05, 0.1) is 28.0 Å². The predicted molar refractivity (Wildman–Crippen MR) is 168 cm³/mol. The number of anilines is 2. The molecule has 0 saturated carbocycles. The Hall–Kier alpha value is -4.49. The predicted octanol–water partition coefficient (Wildman–Crippen LogP) is 7.26. The summed E-state index contributed by atoms with van der Waals surface area (Å²) in [6.07, 6.45) is 1.79. The lowest BCUT2D eigenvalue weighted by molar-refractivity contribution is -0.125. The highest BCUT2D eigenvalue weighted by Crippen LogP contribution is 2.62. The monoisotopic (exact) mass is 575 g/mol. The molecule has 2 aliphatic rings. The molecule has 1 amide bonds. The van der Waals surface area contributed by atoms with Crippen LogP contribution in [0, 0.1) is 18.3 Å². The molecular formula is C35H33N3O3S. The third kappa shape index (κ3) is 4.02. The van der Waals surface area contributed by atoms with Gasteiger partial charge < -0.3 is 0 Å². The highest BCUT2D eigenvalue weighted by Gasteiger charge is 2.66. The summed E-state index contributed by atoms with van der Waals surface area (Å²) in [6.45, 7) is 10.1. The van der Waals surface area contributed by atoms with Gasteiger partial charge in [0.1, 0.15) is 5.41 Å². The fraction of sp³-hybridized carbons (Fsp3) is 0.200. The molecule has 6 nitrogen and oxygen atoms in total. The number of sulfonamides is 1. The molecule has 3 atom stereocenters. The molecule has 0 aromatic heterocycles. The van der Waals surface area contributed by atoms with E-state index < -0.39 is 27.4 Å². The zero-order valence-electron chi connectivity index (χ0n) is 23.9. The first-order valence-corrected chi connectivity index (χ1v) is 15.5. The van der Waals surface area contributed by atoms with E-state index >= 15 is 4.79 Å². The lowest BCUT2D eigenvalue weighted by atomic mass is 9.58. The number of allylic oxidation sites excluding steroid dienone is 1. The van der Waals surface area contributed by atoms with E-state index in [2.05, 4.69) is 6.58 Å². The zero-order chi connectivity index (χ0) is 29.6. The van der Waals surface area contributed by atoms with Gasteiger partial charge in [-0.25, -0.2) is 8.42 Å². The lowest BCUT2D eigenvalue weighted by Crippen LogP contribution is -2.59. The van der Waals surface area contributed by atoms with Crippen molar-refractivity contribution in [2.75, 3.05) is 9.31 Å². The van der Waals surface area contributed by atoms with Crippen LogP contribution in [0.25, 0.3) is 0 Å². The number of hydrogen-bond acceptors (Lipinski definition) is 4. The average Bonchev–Trinajstić information content (AvgIpc) is 3.30. The molecule has 2 heterocycles. The second-order valence-corrected chi connectivity index (χ2v) is 13.0. The van der Waals surface area contributed by atoms with Crippen molar-refractivity contribution >= 4 is 33.0 Å². The van der Waals surface area contributed by atoms with Crippen LogP contribution in [-0.2, 0) is 14.8 Å². The molecule has 0 aliphatic carbocycles. The minimum atomic E-state index is -4.17. The maximum atomic E-state index is 15.2. The van der Waals surface area contributed by atoms with Crippen molar-refractivity contribution in [3.63, 3.8) is 0 Å². The number of rotatable bonds is 6. The molecule has 0 radical (unpaired) electrons. The van der Waals surface area contributed by atoms with Gasteiger partial charge in [0, 0.05) is 5.92 Å². The van der Waals surface area contributed by atoms with Gasteiger partial charge in [-0.15, -0.1) is 6.58 Å². The molecule has 3 unspecified atom stereocenters. The van der Waals surface area contributed by atoms with Crippen LogP contribution in [0.1, 0.15) is 42.5 Å². The van der Waals surface area contributed by atoms with Crippen molar-refractivity contribution in [2.24, 2.45) is 16.4 Å². The topological polar surface area (TPSA) is 70.1 Å². The lowest BCUT2D eigenvalue weighted by Gasteiger charge is -2.52. The maximum absolute atomic E-state index is 15.2. The molecule has 7 heteroatoms. The SMILES string of the molecule is C=CC1c2ccccc2N(S(=O)(=O)c2ccc(C)cc2)C(c2ccccc2)C12C(=O)N(c1ccccc1)N=C2C(C)C. The number of hydrogen-bond donors (Lipinski definition) is 0. The van der Waals surface area contributed by atoms with E-state index in [-0.39, 0.29) is 16.7 Å². The zero-order valence-corrected chi connectivity index (χ0v) is 24.7. The Morgan fingerprint density at radius 3 is 2.07 bits per heavy atom. The molecule has 0 fully saturated rings. The van der Waals surface area contributed by atoms with Crippen molar-refractivity contribution < 1.29 is 13.2 Å². The first-order valence-electron chi connectivity index (χ1n) is 14.1. The molecule has 212 valence electrons. The number of para-hydroxylation sites is 2.